The third-order valence-corrected chi connectivity index (χ3v) is 3.39. The third-order valence-electron chi connectivity index (χ3n) is 2.12. The highest BCUT2D eigenvalue weighted by molar-refractivity contribution is 9.10. The van der Waals surface area contributed by atoms with Crippen LogP contribution in [0.15, 0.2) is 23.3 Å². The first-order chi connectivity index (χ1) is 5.66. The van der Waals surface area contributed by atoms with Gasteiger partial charge in [0.05, 0.1) is 0 Å². The predicted molar refractivity (Wildman–Crippen MR) is 58.9 cm³/mol. The Morgan fingerprint density at radius 2 is 2.42 bits per heavy atom. The Hall–Kier alpha value is 0.250. The Kier molecular flexibility index (Phi) is 3.85. The van der Waals surface area contributed by atoms with Crippen LogP contribution in [0.1, 0.15) is 32.6 Å². The summed E-state index contributed by atoms with van der Waals surface area (Å²) >= 11 is 9.57. The van der Waals surface area contributed by atoms with Crippen molar-refractivity contribution >= 4 is 27.5 Å². The molecule has 0 bridgehead atoms. The molecule has 2 heteroatoms. The Labute approximate surface area is 87.8 Å². The van der Waals surface area contributed by atoms with Gasteiger partial charge in [0.2, 0.25) is 0 Å². The van der Waals surface area contributed by atoms with Gasteiger partial charge >= 0.3 is 0 Å². The molecule has 1 aliphatic rings. The first-order valence-electron chi connectivity index (χ1n) is 4.40. The zero-order valence-corrected chi connectivity index (χ0v) is 9.66. The van der Waals surface area contributed by atoms with Crippen molar-refractivity contribution in [2.24, 2.45) is 0 Å². The number of allylic oxidation sites excluding steroid dienone is 4. The van der Waals surface area contributed by atoms with Crippen LogP contribution in [0.25, 0.3) is 0 Å². The number of rotatable bonds is 3. The van der Waals surface area contributed by atoms with Gasteiger partial charge < -0.3 is 0 Å². The quantitative estimate of drug-likeness (QED) is 0.651. The molecule has 68 valence electrons. The van der Waals surface area contributed by atoms with E-state index in [-0.39, 0.29) is 4.32 Å². The van der Waals surface area contributed by atoms with E-state index in [0.29, 0.717) is 0 Å². The smallest absolute Gasteiger partial charge is 0.0475 e. The maximum atomic E-state index is 5.83. The van der Waals surface area contributed by atoms with Gasteiger partial charge in [0, 0.05) is 9.36 Å². The van der Waals surface area contributed by atoms with Crippen molar-refractivity contribution in [3.05, 3.63) is 23.3 Å². The largest absolute Gasteiger partial charge is 0.0847 e. The van der Waals surface area contributed by atoms with Gasteiger partial charge in [-0.25, -0.2) is 0 Å². The van der Waals surface area contributed by atoms with Crippen molar-refractivity contribution < 1.29 is 0 Å². The molecule has 0 aromatic heterocycles. The van der Waals surface area contributed by atoms with Gasteiger partial charge in [-0.1, -0.05) is 59.4 Å². The summed E-state index contributed by atoms with van der Waals surface area (Å²) < 4.78 is 0.182. The van der Waals surface area contributed by atoms with Crippen LogP contribution in [0.2, 0.25) is 0 Å². The molecule has 0 aliphatic heterocycles. The van der Waals surface area contributed by atoms with E-state index in [0.717, 1.165) is 11.5 Å². The minimum Gasteiger partial charge on any atom is -0.0847 e. The van der Waals surface area contributed by atoms with E-state index in [1.807, 2.05) is 6.08 Å². The minimum atomic E-state index is 0.182. The van der Waals surface area contributed by atoms with Crippen molar-refractivity contribution in [3.63, 3.8) is 0 Å². The minimum absolute atomic E-state index is 0.182. The monoisotopic (exact) mass is 248 g/mol. The Morgan fingerprint density at radius 3 is 2.92 bits per heavy atom. The molecule has 0 saturated heterocycles. The topological polar surface area (TPSA) is 0 Å². The van der Waals surface area contributed by atoms with Crippen LogP contribution in [-0.4, -0.2) is 4.32 Å². The lowest BCUT2D eigenvalue weighted by atomic mass is 9.95. The summed E-state index contributed by atoms with van der Waals surface area (Å²) in [5, 5.41) is 0.863. The molecule has 0 aromatic rings. The summed E-state index contributed by atoms with van der Waals surface area (Å²) in [5.74, 6) is 0. The van der Waals surface area contributed by atoms with E-state index in [1.165, 1.54) is 19.3 Å². The van der Waals surface area contributed by atoms with Gasteiger partial charge in [-0.05, 0) is 18.9 Å². The van der Waals surface area contributed by atoms with Gasteiger partial charge in [0.1, 0.15) is 0 Å². The highest BCUT2D eigenvalue weighted by Crippen LogP contribution is 2.35. The molecule has 0 N–H and O–H groups in total. The molecule has 1 unspecified atom stereocenters. The summed E-state index contributed by atoms with van der Waals surface area (Å²) in [7, 11) is 0. The molecule has 0 nitrogen and oxygen atoms in total. The number of hydrogen-bond donors (Lipinski definition) is 0. The maximum Gasteiger partial charge on any atom is 0.0475 e. The lowest BCUT2D eigenvalue weighted by molar-refractivity contribution is 0.609. The molecular weight excluding hydrogens is 235 g/mol. The van der Waals surface area contributed by atoms with Gasteiger partial charge in [-0.15, -0.1) is 0 Å². The normalized spacial score (nSPS) is 28.8. The molecule has 0 spiro atoms. The number of unbranched alkanes of at least 4 members (excludes halogenated alkanes) is 1. The molecule has 0 aromatic carbocycles. The van der Waals surface area contributed by atoms with Crippen LogP contribution < -0.4 is 0 Å². The van der Waals surface area contributed by atoms with E-state index >= 15 is 0 Å². The summed E-state index contributed by atoms with van der Waals surface area (Å²) in [4.78, 5) is 0. The summed E-state index contributed by atoms with van der Waals surface area (Å²) in [6.07, 6.45) is 11.0. The number of alkyl halides is 1. The number of halogens is 2. The van der Waals surface area contributed by atoms with Crippen molar-refractivity contribution in [2.75, 3.05) is 0 Å². The second-order valence-electron chi connectivity index (χ2n) is 3.26. The van der Waals surface area contributed by atoms with Crippen LogP contribution in [0.4, 0.5) is 0 Å². The molecule has 0 radical (unpaired) electrons. The fourth-order valence-electron chi connectivity index (χ4n) is 1.29. The van der Waals surface area contributed by atoms with Crippen molar-refractivity contribution in [1.82, 2.24) is 0 Å². The molecule has 0 amide bonds. The standard InChI is InChI=1S/C10H14BrCl/c1-2-3-6-10(11)7-4-9(12)5-8-10/h4-5,7H,2-3,6,8H2,1H3. The molecule has 1 aliphatic carbocycles. The zero-order valence-electron chi connectivity index (χ0n) is 7.32. The zero-order chi connectivity index (χ0) is 9.03. The molecule has 0 saturated carbocycles. The van der Waals surface area contributed by atoms with Gasteiger partial charge in [-0.3, -0.25) is 0 Å². The van der Waals surface area contributed by atoms with Crippen LogP contribution in [0.5, 0.6) is 0 Å². The van der Waals surface area contributed by atoms with Crippen LogP contribution in [-0.2, 0) is 0 Å². The molecule has 0 heterocycles. The fourth-order valence-corrected chi connectivity index (χ4v) is 2.00. The van der Waals surface area contributed by atoms with Crippen LogP contribution in [0.3, 0.4) is 0 Å². The summed E-state index contributed by atoms with van der Waals surface area (Å²) in [5.41, 5.74) is 0. The van der Waals surface area contributed by atoms with E-state index in [9.17, 15) is 0 Å². The third kappa shape index (κ3) is 2.95. The first kappa shape index (κ1) is 10.3. The Morgan fingerprint density at radius 1 is 1.67 bits per heavy atom. The second-order valence-corrected chi connectivity index (χ2v) is 5.28. The predicted octanol–water partition coefficient (Wildman–Crippen LogP) is 4.39. The highest BCUT2D eigenvalue weighted by Gasteiger charge is 2.23. The average Bonchev–Trinajstić information content (AvgIpc) is 2.08. The second kappa shape index (κ2) is 4.48. The van der Waals surface area contributed by atoms with Crippen molar-refractivity contribution in [2.45, 2.75) is 36.9 Å². The van der Waals surface area contributed by atoms with Crippen molar-refractivity contribution in [1.29, 1.82) is 0 Å². The molecule has 0 fully saturated rings. The van der Waals surface area contributed by atoms with E-state index < -0.39 is 0 Å². The van der Waals surface area contributed by atoms with E-state index in [1.54, 1.807) is 0 Å². The van der Waals surface area contributed by atoms with E-state index in [4.69, 9.17) is 11.6 Å². The summed E-state index contributed by atoms with van der Waals surface area (Å²) in [6.45, 7) is 2.21. The van der Waals surface area contributed by atoms with Gasteiger partial charge in [0.25, 0.3) is 0 Å². The SMILES string of the molecule is CCCCC1(Br)C=CC(Cl)=CC1. The van der Waals surface area contributed by atoms with E-state index in [2.05, 4.69) is 35.0 Å². The van der Waals surface area contributed by atoms with Gasteiger partial charge in [-0.2, -0.15) is 0 Å². The molecule has 1 rings (SSSR count). The summed E-state index contributed by atoms with van der Waals surface area (Å²) in [6, 6.07) is 0. The van der Waals surface area contributed by atoms with Crippen LogP contribution >= 0.6 is 27.5 Å². The first-order valence-corrected chi connectivity index (χ1v) is 5.57. The molecule has 1 atom stereocenters. The average molecular weight is 250 g/mol. The lowest BCUT2D eigenvalue weighted by Gasteiger charge is -2.24. The van der Waals surface area contributed by atoms with Crippen LogP contribution in [0, 0.1) is 0 Å². The Bertz CT molecular complexity index is 208. The Balaban J connectivity index is 2.47. The lowest BCUT2D eigenvalue weighted by Crippen LogP contribution is -2.18. The fraction of sp³-hybridized carbons (Fsp3) is 0.600. The number of hydrogen-bond acceptors (Lipinski definition) is 0. The van der Waals surface area contributed by atoms with Crippen molar-refractivity contribution in [3.8, 4) is 0 Å². The molecular formula is C10H14BrCl. The maximum absolute atomic E-state index is 5.83. The highest BCUT2D eigenvalue weighted by atomic mass is 79.9. The molecule has 12 heavy (non-hydrogen) atoms. The van der Waals surface area contributed by atoms with Gasteiger partial charge in [0.15, 0.2) is 0 Å².